The summed E-state index contributed by atoms with van der Waals surface area (Å²) in [6.07, 6.45) is 2.51. The zero-order valence-electron chi connectivity index (χ0n) is 17.6. The molecular weight excluding hydrogens is 430 g/mol. The number of hydrogen-bond donors (Lipinski definition) is 1. The van der Waals surface area contributed by atoms with Crippen LogP contribution in [0.5, 0.6) is 5.75 Å². The summed E-state index contributed by atoms with van der Waals surface area (Å²) in [5.74, 6) is -0.134. The molecule has 1 aliphatic heterocycles. The summed E-state index contributed by atoms with van der Waals surface area (Å²) in [5.41, 5.74) is 3.75. The predicted octanol–water partition coefficient (Wildman–Crippen LogP) is 5.55. The van der Waals surface area contributed by atoms with E-state index in [-0.39, 0.29) is 0 Å². The Bertz CT molecular complexity index is 953. The second kappa shape index (κ2) is 10.3. The zero-order valence-corrected chi connectivity index (χ0v) is 19.2. The number of benzene rings is 1. The summed E-state index contributed by atoms with van der Waals surface area (Å²) >= 11 is 3.59. The fourth-order valence-electron chi connectivity index (χ4n) is 3.74. The first-order valence-electron chi connectivity index (χ1n) is 10.6. The molecule has 0 amide bonds. The van der Waals surface area contributed by atoms with Crippen molar-refractivity contribution in [3.8, 4) is 5.75 Å². The van der Waals surface area contributed by atoms with Gasteiger partial charge in [0.2, 0.25) is 0 Å². The first-order chi connectivity index (χ1) is 15.2. The fourth-order valence-corrected chi connectivity index (χ4v) is 5.79. The lowest BCUT2D eigenvalue weighted by molar-refractivity contribution is -0.150. The SMILES string of the molecule is CCCOC(Cc1ccc(OCCN2c3sccc3CCc3ccsc32)cc1)C(=O)O. The molecule has 0 radical (unpaired) electrons. The topological polar surface area (TPSA) is 59.0 Å². The zero-order chi connectivity index (χ0) is 21.6. The van der Waals surface area contributed by atoms with E-state index in [9.17, 15) is 9.90 Å². The monoisotopic (exact) mass is 457 g/mol. The maximum atomic E-state index is 11.4. The van der Waals surface area contributed by atoms with Gasteiger partial charge >= 0.3 is 5.97 Å². The highest BCUT2D eigenvalue weighted by Gasteiger charge is 2.23. The number of fused-ring (bicyclic) bond motifs is 2. The molecule has 0 bridgehead atoms. The molecule has 164 valence electrons. The molecule has 5 nitrogen and oxygen atoms in total. The van der Waals surface area contributed by atoms with Crippen LogP contribution in [-0.4, -0.2) is 36.9 Å². The number of thiophene rings is 2. The lowest BCUT2D eigenvalue weighted by Crippen LogP contribution is -2.26. The number of carboxylic acids is 1. The Hall–Kier alpha value is -2.35. The van der Waals surface area contributed by atoms with Crippen LogP contribution in [0.3, 0.4) is 0 Å². The van der Waals surface area contributed by atoms with Crippen LogP contribution >= 0.6 is 22.7 Å². The van der Waals surface area contributed by atoms with Gasteiger partial charge in [0.1, 0.15) is 12.4 Å². The van der Waals surface area contributed by atoms with Gasteiger partial charge in [0.05, 0.1) is 16.5 Å². The molecule has 7 heteroatoms. The third kappa shape index (κ3) is 5.29. The molecule has 1 unspecified atom stereocenters. The summed E-state index contributed by atoms with van der Waals surface area (Å²) in [4.78, 5) is 13.8. The van der Waals surface area contributed by atoms with Gasteiger partial charge in [0.25, 0.3) is 0 Å². The highest BCUT2D eigenvalue weighted by molar-refractivity contribution is 7.16. The van der Waals surface area contributed by atoms with Crippen molar-refractivity contribution in [3.63, 3.8) is 0 Å². The Labute approximate surface area is 190 Å². The summed E-state index contributed by atoms with van der Waals surface area (Å²) < 4.78 is 11.5. The molecule has 1 atom stereocenters. The number of aryl methyl sites for hydroxylation is 2. The largest absolute Gasteiger partial charge is 0.492 e. The fraction of sp³-hybridized carbons (Fsp3) is 0.375. The second-order valence-electron chi connectivity index (χ2n) is 7.55. The Balaban J connectivity index is 1.36. The third-order valence-corrected chi connectivity index (χ3v) is 7.28. The van der Waals surface area contributed by atoms with Crippen molar-refractivity contribution in [1.29, 1.82) is 0 Å². The quantitative estimate of drug-likeness (QED) is 0.433. The van der Waals surface area contributed by atoms with Gasteiger partial charge in [-0.15, -0.1) is 22.7 Å². The van der Waals surface area contributed by atoms with E-state index in [1.54, 1.807) is 22.7 Å². The van der Waals surface area contributed by atoms with E-state index >= 15 is 0 Å². The number of carbonyl (C=O) groups is 1. The number of rotatable bonds is 10. The summed E-state index contributed by atoms with van der Waals surface area (Å²) in [5, 5.41) is 16.3. The van der Waals surface area contributed by atoms with Crippen LogP contribution in [-0.2, 0) is 28.8 Å². The standard InChI is InChI=1S/C24H27NO4S2/c1-2-12-29-21(24(26)27)16-17-3-7-20(8-4-17)28-13-11-25-22-18(9-14-30-22)5-6-19-10-15-31-23(19)25/h3-4,7-10,14-15,21H,2,5-6,11-13,16H2,1H3,(H,26,27). The van der Waals surface area contributed by atoms with Crippen molar-refractivity contribution < 1.29 is 19.4 Å². The minimum Gasteiger partial charge on any atom is -0.492 e. The van der Waals surface area contributed by atoms with Crippen molar-refractivity contribution in [2.45, 2.75) is 38.7 Å². The molecule has 0 spiro atoms. The van der Waals surface area contributed by atoms with Crippen LogP contribution in [0.15, 0.2) is 47.2 Å². The van der Waals surface area contributed by atoms with Crippen LogP contribution in [0, 0.1) is 0 Å². The van der Waals surface area contributed by atoms with Gasteiger partial charge in [-0.1, -0.05) is 19.1 Å². The smallest absolute Gasteiger partial charge is 0.333 e. The van der Waals surface area contributed by atoms with E-state index in [2.05, 4.69) is 27.8 Å². The minimum atomic E-state index is -0.924. The Morgan fingerprint density at radius 1 is 1.03 bits per heavy atom. The van der Waals surface area contributed by atoms with Crippen LogP contribution in [0.4, 0.5) is 10.0 Å². The van der Waals surface area contributed by atoms with Crippen molar-refractivity contribution >= 4 is 38.6 Å². The summed E-state index contributed by atoms with van der Waals surface area (Å²) in [6.45, 7) is 3.78. The Morgan fingerprint density at radius 2 is 1.68 bits per heavy atom. The van der Waals surface area contributed by atoms with E-state index in [4.69, 9.17) is 9.47 Å². The van der Waals surface area contributed by atoms with Crippen LogP contribution < -0.4 is 9.64 Å². The number of anilines is 2. The Morgan fingerprint density at radius 3 is 2.26 bits per heavy atom. The lowest BCUT2D eigenvalue weighted by atomic mass is 10.1. The Kier molecular flexibility index (Phi) is 7.27. The van der Waals surface area contributed by atoms with Crippen LogP contribution in [0.25, 0.3) is 0 Å². The van der Waals surface area contributed by atoms with Crippen molar-refractivity contribution in [2.24, 2.45) is 0 Å². The normalized spacial score (nSPS) is 13.9. The predicted molar refractivity (Wildman–Crippen MR) is 126 cm³/mol. The second-order valence-corrected chi connectivity index (χ2v) is 9.34. The molecule has 31 heavy (non-hydrogen) atoms. The highest BCUT2D eigenvalue weighted by Crippen LogP contribution is 2.42. The summed E-state index contributed by atoms with van der Waals surface area (Å²) in [6, 6.07) is 12.1. The molecule has 3 aromatic rings. The summed E-state index contributed by atoms with van der Waals surface area (Å²) in [7, 11) is 0. The van der Waals surface area contributed by atoms with Gasteiger partial charge in [-0.25, -0.2) is 4.79 Å². The molecule has 1 aliphatic rings. The van der Waals surface area contributed by atoms with Crippen molar-refractivity contribution in [2.75, 3.05) is 24.7 Å². The first-order valence-corrected chi connectivity index (χ1v) is 12.4. The third-order valence-electron chi connectivity index (χ3n) is 5.33. The molecule has 0 saturated carbocycles. The van der Waals surface area contributed by atoms with Crippen LogP contribution in [0.1, 0.15) is 30.0 Å². The van der Waals surface area contributed by atoms with E-state index in [1.807, 2.05) is 31.2 Å². The molecule has 4 rings (SSSR count). The molecule has 0 saturated heterocycles. The number of ether oxygens (including phenoxy) is 2. The highest BCUT2D eigenvalue weighted by atomic mass is 32.1. The van der Waals surface area contributed by atoms with Crippen LogP contribution in [0.2, 0.25) is 0 Å². The molecule has 2 aromatic heterocycles. The molecular formula is C24H27NO4S2. The number of aliphatic carboxylic acids is 1. The average molecular weight is 458 g/mol. The molecule has 0 fully saturated rings. The minimum absolute atomic E-state index is 0.353. The van der Waals surface area contributed by atoms with Crippen molar-refractivity contribution in [3.05, 3.63) is 63.8 Å². The van der Waals surface area contributed by atoms with E-state index < -0.39 is 12.1 Å². The maximum Gasteiger partial charge on any atom is 0.333 e. The van der Waals surface area contributed by atoms with Gasteiger partial charge in [-0.05, 0) is 71.0 Å². The van der Waals surface area contributed by atoms with Gasteiger partial charge in [-0.2, -0.15) is 0 Å². The molecule has 1 aromatic carbocycles. The van der Waals surface area contributed by atoms with E-state index in [0.717, 1.165) is 37.1 Å². The first kappa shape index (κ1) is 21.9. The average Bonchev–Trinajstić information content (AvgIpc) is 3.41. The van der Waals surface area contributed by atoms with Gasteiger partial charge in [0.15, 0.2) is 6.10 Å². The number of hydrogen-bond acceptors (Lipinski definition) is 6. The maximum absolute atomic E-state index is 11.4. The molecule has 1 N–H and O–H groups in total. The molecule has 3 heterocycles. The molecule has 0 aliphatic carbocycles. The van der Waals surface area contributed by atoms with Gasteiger partial charge in [0, 0.05) is 13.0 Å². The number of carboxylic acid groups (broad SMARTS) is 1. The van der Waals surface area contributed by atoms with Gasteiger partial charge < -0.3 is 19.5 Å². The van der Waals surface area contributed by atoms with Gasteiger partial charge in [-0.3, -0.25) is 0 Å². The van der Waals surface area contributed by atoms with Crippen molar-refractivity contribution in [1.82, 2.24) is 0 Å². The number of nitrogens with zero attached hydrogens (tertiary/aromatic N) is 1. The van der Waals surface area contributed by atoms with E-state index in [0.29, 0.717) is 19.6 Å². The lowest BCUT2D eigenvalue weighted by Gasteiger charge is -2.23. The van der Waals surface area contributed by atoms with E-state index in [1.165, 1.54) is 21.1 Å².